The molecule has 1 aromatic rings. The summed E-state index contributed by atoms with van der Waals surface area (Å²) >= 11 is 0. The zero-order chi connectivity index (χ0) is 10.2. The molecule has 14 heavy (non-hydrogen) atoms. The second-order valence-corrected chi connectivity index (χ2v) is 3.63. The van der Waals surface area contributed by atoms with Gasteiger partial charge in [-0.15, -0.1) is 0 Å². The first-order chi connectivity index (χ1) is 6.58. The molecule has 0 saturated carbocycles. The summed E-state index contributed by atoms with van der Waals surface area (Å²) in [5, 5.41) is 4.02. The number of halogens is 2. The Kier molecular flexibility index (Phi) is 2.13. The van der Waals surface area contributed by atoms with Gasteiger partial charge in [-0.2, -0.15) is 5.10 Å². The van der Waals surface area contributed by atoms with Gasteiger partial charge in [-0.25, -0.2) is 8.78 Å². The predicted molar refractivity (Wildman–Crippen MR) is 50.0 cm³/mol. The van der Waals surface area contributed by atoms with Gasteiger partial charge in [-0.3, -0.25) is 4.68 Å². The molecule has 0 fully saturated rings. The van der Waals surface area contributed by atoms with Gasteiger partial charge in [0.05, 0.1) is 5.69 Å². The third-order valence-electron chi connectivity index (χ3n) is 2.56. The lowest BCUT2D eigenvalue weighted by molar-refractivity contribution is -0.00608. The van der Waals surface area contributed by atoms with Crippen LogP contribution in [0.2, 0.25) is 0 Å². The molecule has 0 saturated heterocycles. The molecule has 0 spiro atoms. The van der Waals surface area contributed by atoms with Crippen LogP contribution in [0.4, 0.5) is 8.78 Å². The molecular formula is C10H12F2N2. The van der Waals surface area contributed by atoms with Crippen LogP contribution in [0.5, 0.6) is 0 Å². The van der Waals surface area contributed by atoms with Crippen LogP contribution >= 0.6 is 0 Å². The van der Waals surface area contributed by atoms with E-state index in [9.17, 15) is 8.78 Å². The summed E-state index contributed by atoms with van der Waals surface area (Å²) in [4.78, 5) is 0. The molecule has 1 aliphatic rings. The van der Waals surface area contributed by atoms with E-state index in [1.54, 1.807) is 17.0 Å². The average Bonchev–Trinajstić information content (AvgIpc) is 2.52. The highest BCUT2D eigenvalue weighted by atomic mass is 19.3. The highest BCUT2D eigenvalue weighted by Gasteiger charge is 2.31. The van der Waals surface area contributed by atoms with Crippen molar-refractivity contribution in [3.8, 4) is 0 Å². The fourth-order valence-electron chi connectivity index (χ4n) is 1.72. The number of allylic oxidation sites excluding steroid dienone is 2. The lowest BCUT2D eigenvalue weighted by atomic mass is 9.94. The molecule has 1 aromatic heterocycles. The number of hydrogen-bond donors (Lipinski definition) is 0. The van der Waals surface area contributed by atoms with E-state index in [-0.39, 0.29) is 12.8 Å². The highest BCUT2D eigenvalue weighted by molar-refractivity contribution is 5.63. The number of aryl methyl sites for hydroxylation is 1. The topological polar surface area (TPSA) is 17.8 Å². The monoisotopic (exact) mass is 198 g/mol. The Hall–Kier alpha value is -1.19. The maximum absolute atomic E-state index is 12.9. The minimum Gasteiger partial charge on any atom is -0.268 e. The summed E-state index contributed by atoms with van der Waals surface area (Å²) < 4.78 is 27.4. The second-order valence-electron chi connectivity index (χ2n) is 3.63. The van der Waals surface area contributed by atoms with Crippen LogP contribution in [0.15, 0.2) is 18.3 Å². The largest absolute Gasteiger partial charge is 0.268 e. The van der Waals surface area contributed by atoms with Crippen molar-refractivity contribution >= 4 is 5.57 Å². The Morgan fingerprint density at radius 1 is 1.50 bits per heavy atom. The molecule has 1 aliphatic carbocycles. The molecule has 0 unspecified atom stereocenters. The first-order valence-electron chi connectivity index (χ1n) is 4.64. The quantitative estimate of drug-likeness (QED) is 0.678. The van der Waals surface area contributed by atoms with Crippen molar-refractivity contribution in [1.29, 1.82) is 0 Å². The summed E-state index contributed by atoms with van der Waals surface area (Å²) in [7, 11) is 1.82. The van der Waals surface area contributed by atoms with Crippen LogP contribution < -0.4 is 0 Å². The summed E-state index contributed by atoms with van der Waals surface area (Å²) in [5.74, 6) is -2.51. The molecule has 76 valence electrons. The van der Waals surface area contributed by atoms with Crippen molar-refractivity contribution in [3.63, 3.8) is 0 Å². The van der Waals surface area contributed by atoms with Gasteiger partial charge in [-0.05, 0) is 18.1 Å². The van der Waals surface area contributed by atoms with Crippen molar-refractivity contribution < 1.29 is 8.78 Å². The summed E-state index contributed by atoms with van der Waals surface area (Å²) in [6, 6.07) is 1.86. The molecule has 2 rings (SSSR count). The van der Waals surface area contributed by atoms with Crippen molar-refractivity contribution in [2.75, 3.05) is 0 Å². The molecule has 1 heterocycles. The Morgan fingerprint density at radius 2 is 2.29 bits per heavy atom. The number of hydrogen-bond acceptors (Lipinski definition) is 1. The molecular weight excluding hydrogens is 186 g/mol. The smallest absolute Gasteiger partial charge is 0.251 e. The molecule has 0 aliphatic heterocycles. The minimum atomic E-state index is -2.51. The predicted octanol–water partition coefficient (Wildman–Crippen LogP) is 2.62. The summed E-state index contributed by atoms with van der Waals surface area (Å²) in [6.07, 6.45) is 3.55. The molecule has 2 nitrogen and oxygen atoms in total. The van der Waals surface area contributed by atoms with Gasteiger partial charge < -0.3 is 0 Å². The van der Waals surface area contributed by atoms with Crippen molar-refractivity contribution in [3.05, 3.63) is 24.0 Å². The Labute approximate surface area is 81.2 Å². The fraction of sp³-hybridized carbons (Fsp3) is 0.500. The van der Waals surface area contributed by atoms with E-state index < -0.39 is 5.92 Å². The van der Waals surface area contributed by atoms with Crippen LogP contribution in [-0.4, -0.2) is 15.7 Å². The summed E-state index contributed by atoms with van der Waals surface area (Å²) in [5.41, 5.74) is 1.93. The molecule has 4 heteroatoms. The lowest BCUT2D eigenvalue weighted by Crippen LogP contribution is -2.18. The Morgan fingerprint density at radius 3 is 2.79 bits per heavy atom. The van der Waals surface area contributed by atoms with Gasteiger partial charge in [0.1, 0.15) is 0 Å². The van der Waals surface area contributed by atoms with Gasteiger partial charge in [0, 0.05) is 26.1 Å². The first kappa shape index (κ1) is 9.37. The Bertz CT molecular complexity index is 366. The van der Waals surface area contributed by atoms with Crippen LogP contribution in [0, 0.1) is 0 Å². The second kappa shape index (κ2) is 3.19. The molecule has 0 bridgehead atoms. The van der Waals surface area contributed by atoms with E-state index in [0.717, 1.165) is 11.3 Å². The third-order valence-corrected chi connectivity index (χ3v) is 2.56. The molecule has 0 N–H and O–H groups in total. The average molecular weight is 198 g/mol. The van der Waals surface area contributed by atoms with Gasteiger partial charge >= 0.3 is 0 Å². The van der Waals surface area contributed by atoms with E-state index in [4.69, 9.17) is 0 Å². The number of nitrogens with zero attached hydrogens (tertiary/aromatic N) is 2. The van der Waals surface area contributed by atoms with Crippen LogP contribution in [0.3, 0.4) is 0 Å². The van der Waals surface area contributed by atoms with Crippen LogP contribution in [-0.2, 0) is 7.05 Å². The van der Waals surface area contributed by atoms with Gasteiger partial charge in [0.15, 0.2) is 0 Å². The number of alkyl halides is 2. The van der Waals surface area contributed by atoms with Crippen molar-refractivity contribution in [2.45, 2.75) is 25.2 Å². The van der Waals surface area contributed by atoms with Gasteiger partial charge in [0.2, 0.25) is 0 Å². The van der Waals surface area contributed by atoms with Crippen molar-refractivity contribution in [2.24, 2.45) is 7.05 Å². The zero-order valence-corrected chi connectivity index (χ0v) is 8.00. The number of aromatic nitrogens is 2. The van der Waals surface area contributed by atoms with Crippen molar-refractivity contribution in [1.82, 2.24) is 9.78 Å². The summed E-state index contributed by atoms with van der Waals surface area (Å²) in [6.45, 7) is 0. The zero-order valence-electron chi connectivity index (χ0n) is 8.00. The molecule has 0 radical (unpaired) electrons. The third kappa shape index (κ3) is 1.69. The standard InChI is InChI=1S/C10H12F2N2/c1-14-9(4-7-13-14)8-2-5-10(11,12)6-3-8/h2,4,7H,3,5-6H2,1H3. The maximum atomic E-state index is 12.9. The SMILES string of the molecule is Cn1nccc1C1=CCC(F)(F)CC1. The van der Waals surface area contributed by atoms with E-state index in [1.807, 2.05) is 13.1 Å². The minimum absolute atomic E-state index is 0.0516. The van der Waals surface area contributed by atoms with Gasteiger partial charge in [-0.1, -0.05) is 6.08 Å². The Balaban J connectivity index is 2.23. The first-order valence-corrected chi connectivity index (χ1v) is 4.64. The van der Waals surface area contributed by atoms with Gasteiger partial charge in [0.25, 0.3) is 5.92 Å². The van der Waals surface area contributed by atoms with Crippen LogP contribution in [0.1, 0.15) is 25.0 Å². The highest BCUT2D eigenvalue weighted by Crippen LogP contribution is 2.35. The maximum Gasteiger partial charge on any atom is 0.251 e. The normalized spacial score (nSPS) is 20.6. The molecule has 0 aromatic carbocycles. The van der Waals surface area contributed by atoms with E-state index in [1.165, 1.54) is 0 Å². The van der Waals surface area contributed by atoms with E-state index >= 15 is 0 Å². The fourth-order valence-corrected chi connectivity index (χ4v) is 1.72. The molecule has 0 atom stereocenters. The number of rotatable bonds is 1. The van der Waals surface area contributed by atoms with Crippen LogP contribution in [0.25, 0.3) is 5.57 Å². The van der Waals surface area contributed by atoms with E-state index in [0.29, 0.717) is 6.42 Å². The lowest BCUT2D eigenvalue weighted by Gasteiger charge is -2.21. The molecule has 0 amide bonds. The van der Waals surface area contributed by atoms with E-state index in [2.05, 4.69) is 5.10 Å².